The molecule has 1 rings (SSSR count). The van der Waals surface area contributed by atoms with E-state index < -0.39 is 0 Å². The summed E-state index contributed by atoms with van der Waals surface area (Å²) in [5.41, 5.74) is 6.37. The lowest BCUT2D eigenvalue weighted by atomic mass is 9.81. The lowest BCUT2D eigenvalue weighted by Crippen LogP contribution is -2.34. The Morgan fingerprint density at radius 2 is 1.53 bits per heavy atom. The zero-order chi connectivity index (χ0) is 15.5. The van der Waals surface area contributed by atoms with Crippen LogP contribution in [0.1, 0.15) is 87.0 Å². The van der Waals surface area contributed by atoms with Crippen LogP contribution in [0.3, 0.4) is 0 Å². The minimum Gasteiger partial charge on any atom is -0.321 e. The average Bonchev–Trinajstić information content (AvgIpc) is 2.87. The Hall–Kier alpha value is -0.370. The van der Waals surface area contributed by atoms with Crippen molar-refractivity contribution in [1.82, 2.24) is 0 Å². The van der Waals surface area contributed by atoms with E-state index in [1.165, 1.54) is 25.7 Å². The topological polar surface area (TPSA) is 43.1 Å². The predicted octanol–water partition coefficient (Wildman–Crippen LogP) is 4.95. The number of hydrogen-bond donors (Lipinski definition) is 1. The number of hydrogen-bond acceptors (Lipinski definition) is 2. The molecule has 0 radical (unpaired) electrons. The van der Waals surface area contributed by atoms with Crippen LogP contribution in [0, 0.1) is 11.3 Å². The van der Waals surface area contributed by atoms with Crippen LogP contribution in [-0.4, -0.2) is 11.8 Å². The molecule has 0 aromatic heterocycles. The molecule has 1 saturated carbocycles. The number of carbonyl (C=O) groups is 1. The molecule has 0 aliphatic heterocycles. The SMILES string of the molecule is CC.CC.CC(C)C(=O)C(N)CCC1(C)CCCC1. The largest absolute Gasteiger partial charge is 0.321 e. The van der Waals surface area contributed by atoms with E-state index in [2.05, 4.69) is 6.92 Å². The van der Waals surface area contributed by atoms with Crippen LogP contribution >= 0.6 is 0 Å². The predicted molar refractivity (Wildman–Crippen MR) is 86.3 cm³/mol. The Bertz CT molecular complexity index is 217. The second-order valence-corrected chi connectivity index (χ2v) is 5.72. The number of ketones is 1. The van der Waals surface area contributed by atoms with E-state index in [1.807, 2.05) is 41.5 Å². The highest BCUT2D eigenvalue weighted by atomic mass is 16.1. The molecule has 2 heteroatoms. The normalized spacial score (nSPS) is 17.9. The van der Waals surface area contributed by atoms with Crippen molar-refractivity contribution < 1.29 is 4.79 Å². The Morgan fingerprint density at radius 3 is 1.89 bits per heavy atom. The van der Waals surface area contributed by atoms with Gasteiger partial charge in [-0.3, -0.25) is 4.79 Å². The monoisotopic (exact) mass is 271 g/mol. The molecule has 0 aromatic carbocycles. The van der Waals surface area contributed by atoms with Gasteiger partial charge in [-0.05, 0) is 31.1 Å². The van der Waals surface area contributed by atoms with Gasteiger partial charge < -0.3 is 5.73 Å². The average molecular weight is 271 g/mol. The first-order valence-electron chi connectivity index (χ1n) is 8.24. The Balaban J connectivity index is 0. The van der Waals surface area contributed by atoms with E-state index in [1.54, 1.807) is 0 Å². The zero-order valence-electron chi connectivity index (χ0n) is 14.4. The highest BCUT2D eigenvalue weighted by Crippen LogP contribution is 2.41. The summed E-state index contributed by atoms with van der Waals surface area (Å²) in [6.45, 7) is 14.2. The maximum atomic E-state index is 11.6. The Kier molecular flexibility index (Phi) is 12.6. The van der Waals surface area contributed by atoms with Gasteiger partial charge in [-0.1, -0.05) is 61.3 Å². The van der Waals surface area contributed by atoms with E-state index in [-0.39, 0.29) is 17.7 Å². The summed E-state index contributed by atoms with van der Waals surface area (Å²) in [5.74, 6) is 0.299. The molecule has 19 heavy (non-hydrogen) atoms. The summed E-state index contributed by atoms with van der Waals surface area (Å²) in [6.07, 6.45) is 7.32. The van der Waals surface area contributed by atoms with Gasteiger partial charge in [0.05, 0.1) is 6.04 Å². The van der Waals surface area contributed by atoms with Crippen molar-refractivity contribution >= 4 is 5.78 Å². The molecule has 1 fully saturated rings. The molecule has 2 N–H and O–H groups in total. The molecular formula is C17H37NO. The third-order valence-corrected chi connectivity index (χ3v) is 3.80. The van der Waals surface area contributed by atoms with E-state index in [4.69, 9.17) is 5.73 Å². The quantitative estimate of drug-likeness (QED) is 0.768. The fourth-order valence-corrected chi connectivity index (χ4v) is 2.55. The van der Waals surface area contributed by atoms with Crippen LogP contribution in [0.4, 0.5) is 0 Å². The van der Waals surface area contributed by atoms with Crippen LogP contribution in [-0.2, 0) is 4.79 Å². The van der Waals surface area contributed by atoms with Gasteiger partial charge in [0, 0.05) is 5.92 Å². The molecule has 0 aromatic rings. The van der Waals surface area contributed by atoms with Crippen LogP contribution in [0.2, 0.25) is 0 Å². The second kappa shape index (κ2) is 11.5. The summed E-state index contributed by atoms with van der Waals surface area (Å²) in [5, 5.41) is 0. The van der Waals surface area contributed by atoms with Crippen molar-refractivity contribution in [2.75, 3.05) is 0 Å². The maximum Gasteiger partial charge on any atom is 0.152 e. The van der Waals surface area contributed by atoms with Gasteiger partial charge in [-0.15, -0.1) is 0 Å². The van der Waals surface area contributed by atoms with Gasteiger partial charge in [0.2, 0.25) is 0 Å². The number of nitrogens with two attached hydrogens (primary N) is 1. The summed E-state index contributed by atoms with van der Waals surface area (Å²) in [6, 6.07) is -0.234. The summed E-state index contributed by atoms with van der Waals surface area (Å²) in [7, 11) is 0. The highest BCUT2D eigenvalue weighted by molar-refractivity contribution is 5.85. The van der Waals surface area contributed by atoms with E-state index >= 15 is 0 Å². The molecule has 0 spiro atoms. The lowest BCUT2D eigenvalue weighted by Gasteiger charge is -2.25. The number of rotatable bonds is 5. The van der Waals surface area contributed by atoms with Crippen LogP contribution < -0.4 is 5.73 Å². The van der Waals surface area contributed by atoms with Crippen molar-refractivity contribution in [1.29, 1.82) is 0 Å². The fourth-order valence-electron chi connectivity index (χ4n) is 2.55. The molecule has 0 bridgehead atoms. The molecule has 1 aliphatic rings. The van der Waals surface area contributed by atoms with Gasteiger partial charge in [0.25, 0.3) is 0 Å². The second-order valence-electron chi connectivity index (χ2n) is 5.72. The first-order chi connectivity index (χ1) is 8.94. The van der Waals surface area contributed by atoms with Gasteiger partial charge >= 0.3 is 0 Å². The van der Waals surface area contributed by atoms with Gasteiger partial charge in [0.15, 0.2) is 5.78 Å². The smallest absolute Gasteiger partial charge is 0.152 e. The Morgan fingerprint density at radius 1 is 1.11 bits per heavy atom. The zero-order valence-corrected chi connectivity index (χ0v) is 14.4. The van der Waals surface area contributed by atoms with E-state index in [0.717, 1.165) is 12.8 Å². The van der Waals surface area contributed by atoms with Crippen molar-refractivity contribution in [2.45, 2.75) is 93.0 Å². The first kappa shape index (κ1) is 20.9. The molecule has 116 valence electrons. The lowest BCUT2D eigenvalue weighted by molar-refractivity contribution is -0.123. The summed E-state index contributed by atoms with van der Waals surface area (Å²) >= 11 is 0. The molecule has 2 nitrogen and oxygen atoms in total. The van der Waals surface area contributed by atoms with E-state index in [9.17, 15) is 4.79 Å². The number of Topliss-reactive ketones (excluding diaryl/α,β-unsaturated/α-hetero) is 1. The third kappa shape index (κ3) is 8.41. The molecule has 0 amide bonds. The molecular weight excluding hydrogens is 234 g/mol. The third-order valence-electron chi connectivity index (χ3n) is 3.80. The van der Waals surface area contributed by atoms with Gasteiger partial charge in [-0.25, -0.2) is 0 Å². The van der Waals surface area contributed by atoms with Crippen LogP contribution in [0.5, 0.6) is 0 Å². The van der Waals surface area contributed by atoms with Crippen molar-refractivity contribution in [3.63, 3.8) is 0 Å². The minimum absolute atomic E-state index is 0.0800. The minimum atomic E-state index is -0.234. The molecule has 1 atom stereocenters. The van der Waals surface area contributed by atoms with E-state index in [0.29, 0.717) is 5.41 Å². The Labute approximate surface area is 121 Å². The molecule has 1 unspecified atom stereocenters. The standard InChI is InChI=1S/C13H25NO.2C2H6/c1-10(2)12(15)11(14)6-9-13(3)7-4-5-8-13;2*1-2/h10-11H,4-9,14H2,1-3H3;2*1-2H3. The molecule has 0 heterocycles. The molecule has 1 aliphatic carbocycles. The molecule has 0 saturated heterocycles. The fraction of sp³-hybridized carbons (Fsp3) is 0.941. The first-order valence-corrected chi connectivity index (χ1v) is 8.24. The van der Waals surface area contributed by atoms with Crippen molar-refractivity contribution in [3.05, 3.63) is 0 Å². The highest BCUT2D eigenvalue weighted by Gasteiger charge is 2.29. The van der Waals surface area contributed by atoms with Crippen LogP contribution in [0.15, 0.2) is 0 Å². The van der Waals surface area contributed by atoms with Crippen molar-refractivity contribution in [2.24, 2.45) is 17.1 Å². The maximum absolute atomic E-state index is 11.6. The van der Waals surface area contributed by atoms with Gasteiger partial charge in [-0.2, -0.15) is 0 Å². The number of carbonyl (C=O) groups excluding carboxylic acids is 1. The van der Waals surface area contributed by atoms with Gasteiger partial charge in [0.1, 0.15) is 0 Å². The van der Waals surface area contributed by atoms with Crippen LogP contribution in [0.25, 0.3) is 0 Å². The summed E-state index contributed by atoms with van der Waals surface area (Å²) < 4.78 is 0. The summed E-state index contributed by atoms with van der Waals surface area (Å²) in [4.78, 5) is 11.6. The van der Waals surface area contributed by atoms with Crippen molar-refractivity contribution in [3.8, 4) is 0 Å².